The zero-order valence-electron chi connectivity index (χ0n) is 27.6. The third-order valence-electron chi connectivity index (χ3n) is 8.64. The number of carbonyl (C=O) groups is 1. The predicted molar refractivity (Wildman–Crippen MR) is 175 cm³/mol. The molecule has 10 nitrogen and oxygen atoms in total. The molecule has 4 heterocycles. The summed E-state index contributed by atoms with van der Waals surface area (Å²) in [6.45, 7) is 18.6. The molecule has 0 aliphatic heterocycles. The van der Waals surface area contributed by atoms with Crippen molar-refractivity contribution >= 4 is 36.7 Å². The summed E-state index contributed by atoms with van der Waals surface area (Å²) in [4.78, 5) is 23.5. The number of esters is 1. The molecule has 0 radical (unpaired) electrons. The first-order chi connectivity index (χ1) is 20.6. The highest BCUT2D eigenvalue weighted by Crippen LogP contribution is 2.37. The molecule has 4 aromatic rings. The summed E-state index contributed by atoms with van der Waals surface area (Å²) in [6.07, 6.45) is 6.48. The fourth-order valence-electron chi connectivity index (χ4n) is 5.15. The number of anilines is 1. The number of imidazole rings is 1. The SMILES string of the molecule is CN(CCCO[Si](C)(C)C(C)(C)C)c1nccc2oc(-c3cnc4ccc(OC5CC(CC(=O)OC(C)(C)C)C5)nn34)cc12. The molecule has 0 saturated heterocycles. The first-order valence-electron chi connectivity index (χ1n) is 15.6. The van der Waals surface area contributed by atoms with E-state index < -0.39 is 13.9 Å². The van der Waals surface area contributed by atoms with E-state index in [-0.39, 0.29) is 23.0 Å². The molecular weight excluding hydrogens is 574 g/mol. The fraction of sp³-hybridized carbons (Fsp3) is 0.576. The van der Waals surface area contributed by atoms with Crippen LogP contribution < -0.4 is 9.64 Å². The monoisotopic (exact) mass is 621 g/mol. The van der Waals surface area contributed by atoms with Gasteiger partial charge in [0.1, 0.15) is 28.8 Å². The zero-order valence-corrected chi connectivity index (χ0v) is 28.6. The van der Waals surface area contributed by atoms with Crippen LogP contribution in [0.1, 0.15) is 67.2 Å². The Kier molecular flexibility index (Phi) is 8.83. The number of fused-ring (bicyclic) bond motifs is 2. The minimum Gasteiger partial charge on any atom is -0.473 e. The Morgan fingerprint density at radius 3 is 2.57 bits per heavy atom. The van der Waals surface area contributed by atoms with Gasteiger partial charge in [-0.2, -0.15) is 0 Å². The second-order valence-electron chi connectivity index (χ2n) is 14.5. The Balaban J connectivity index is 1.24. The lowest BCUT2D eigenvalue weighted by Crippen LogP contribution is -2.41. The van der Waals surface area contributed by atoms with E-state index in [0.717, 1.165) is 54.9 Å². The molecule has 0 amide bonds. The van der Waals surface area contributed by atoms with Gasteiger partial charge in [-0.3, -0.25) is 4.79 Å². The van der Waals surface area contributed by atoms with Crippen molar-refractivity contribution in [2.24, 2.45) is 5.92 Å². The standard InChI is InChI=1S/C33H47N5O5Si/c1-32(2,3)43-30(39)19-22-17-23(18-22)41-29-12-11-28-35-21-25(38(28)36-29)27-20-24-26(42-27)13-14-34-31(24)37(7)15-10-16-40-44(8,9)33(4,5)6/h11-14,20-23H,10,15-19H2,1-9H3. The summed E-state index contributed by atoms with van der Waals surface area (Å²) in [5.41, 5.74) is 1.71. The molecule has 0 unspecified atom stereocenters. The van der Waals surface area contributed by atoms with Gasteiger partial charge < -0.3 is 23.2 Å². The van der Waals surface area contributed by atoms with Crippen molar-refractivity contribution in [3.63, 3.8) is 0 Å². The molecule has 4 aromatic heterocycles. The molecule has 0 aromatic carbocycles. The van der Waals surface area contributed by atoms with Crippen molar-refractivity contribution < 1.29 is 23.1 Å². The van der Waals surface area contributed by atoms with E-state index in [0.29, 0.717) is 23.7 Å². The number of furan rings is 1. The van der Waals surface area contributed by atoms with E-state index in [1.165, 1.54) is 0 Å². The van der Waals surface area contributed by atoms with Gasteiger partial charge in [0.25, 0.3) is 0 Å². The van der Waals surface area contributed by atoms with Gasteiger partial charge in [0.2, 0.25) is 5.88 Å². The zero-order chi connectivity index (χ0) is 31.9. The topological polar surface area (TPSA) is 104 Å². The van der Waals surface area contributed by atoms with Crippen LogP contribution in [0.2, 0.25) is 18.1 Å². The van der Waals surface area contributed by atoms with Gasteiger partial charge >= 0.3 is 5.97 Å². The second kappa shape index (κ2) is 12.2. The summed E-state index contributed by atoms with van der Waals surface area (Å²) < 4.78 is 26.0. The molecule has 5 rings (SSSR count). The molecule has 1 aliphatic carbocycles. The molecule has 1 saturated carbocycles. The predicted octanol–water partition coefficient (Wildman–Crippen LogP) is 7.27. The summed E-state index contributed by atoms with van der Waals surface area (Å²) in [5.74, 6) is 2.14. The van der Waals surface area contributed by atoms with Crippen LogP contribution in [0.4, 0.5) is 5.82 Å². The molecule has 44 heavy (non-hydrogen) atoms. The minimum atomic E-state index is -1.77. The number of hydrogen-bond acceptors (Lipinski definition) is 9. The quantitative estimate of drug-likeness (QED) is 0.0971. The highest BCUT2D eigenvalue weighted by Gasteiger charge is 2.37. The maximum Gasteiger partial charge on any atom is 0.306 e. The Bertz CT molecular complexity index is 1610. The highest BCUT2D eigenvalue weighted by molar-refractivity contribution is 6.74. The Labute approximate surface area is 261 Å². The van der Waals surface area contributed by atoms with Crippen molar-refractivity contribution in [1.29, 1.82) is 0 Å². The van der Waals surface area contributed by atoms with Crippen LogP contribution in [0.15, 0.2) is 41.1 Å². The first kappa shape index (κ1) is 32.0. The van der Waals surface area contributed by atoms with Gasteiger partial charge in [0.15, 0.2) is 19.7 Å². The van der Waals surface area contributed by atoms with Gasteiger partial charge in [0, 0.05) is 38.9 Å². The molecule has 238 valence electrons. The van der Waals surface area contributed by atoms with Gasteiger partial charge in [-0.1, -0.05) is 20.8 Å². The van der Waals surface area contributed by atoms with Crippen molar-refractivity contribution in [3.8, 4) is 17.3 Å². The molecular formula is C33H47N5O5Si. The number of pyridine rings is 1. The van der Waals surface area contributed by atoms with Gasteiger partial charge in [0.05, 0.1) is 11.6 Å². The normalized spacial score (nSPS) is 17.6. The van der Waals surface area contributed by atoms with Crippen molar-refractivity contribution in [2.45, 2.75) is 97.1 Å². The van der Waals surface area contributed by atoms with Crippen molar-refractivity contribution in [3.05, 3.63) is 36.7 Å². The average molecular weight is 622 g/mol. The minimum absolute atomic E-state index is 0.0157. The molecule has 0 spiro atoms. The molecule has 0 bridgehead atoms. The van der Waals surface area contributed by atoms with Crippen molar-refractivity contribution in [1.82, 2.24) is 19.6 Å². The van der Waals surface area contributed by atoms with Crippen LogP contribution in [-0.2, 0) is 14.0 Å². The highest BCUT2D eigenvalue weighted by atomic mass is 28.4. The maximum absolute atomic E-state index is 12.2. The molecule has 1 aliphatic rings. The summed E-state index contributed by atoms with van der Waals surface area (Å²) in [7, 11) is 0.286. The second-order valence-corrected chi connectivity index (χ2v) is 19.3. The van der Waals surface area contributed by atoms with E-state index in [1.54, 1.807) is 16.9 Å². The van der Waals surface area contributed by atoms with Gasteiger partial charge in [-0.25, -0.2) is 14.5 Å². The number of ether oxygens (including phenoxy) is 2. The summed E-state index contributed by atoms with van der Waals surface area (Å²) >= 11 is 0. The van der Waals surface area contributed by atoms with Crippen molar-refractivity contribution in [2.75, 3.05) is 25.1 Å². The van der Waals surface area contributed by atoms with Crippen LogP contribution >= 0.6 is 0 Å². The molecule has 11 heteroatoms. The first-order valence-corrected chi connectivity index (χ1v) is 18.5. The Hall–Kier alpha value is -3.44. The lowest BCUT2D eigenvalue weighted by atomic mass is 9.80. The van der Waals surface area contributed by atoms with Crippen LogP contribution in [0.25, 0.3) is 28.1 Å². The number of aromatic nitrogens is 4. The lowest BCUT2D eigenvalue weighted by Gasteiger charge is -2.36. The van der Waals surface area contributed by atoms with E-state index >= 15 is 0 Å². The van der Waals surface area contributed by atoms with Gasteiger partial charge in [-0.05, 0) is 82.3 Å². The third kappa shape index (κ3) is 7.26. The van der Waals surface area contributed by atoms with E-state index in [2.05, 4.69) is 55.8 Å². The lowest BCUT2D eigenvalue weighted by molar-refractivity contribution is -0.157. The van der Waals surface area contributed by atoms with E-state index in [1.807, 2.05) is 45.0 Å². The van der Waals surface area contributed by atoms with E-state index in [4.69, 9.17) is 23.4 Å². The number of hydrogen-bond donors (Lipinski definition) is 0. The van der Waals surface area contributed by atoms with Crippen LogP contribution in [0, 0.1) is 5.92 Å². The van der Waals surface area contributed by atoms with Crippen LogP contribution in [0.5, 0.6) is 5.88 Å². The summed E-state index contributed by atoms with van der Waals surface area (Å²) in [6, 6.07) is 7.61. The average Bonchev–Trinajstić information content (AvgIpc) is 3.51. The Morgan fingerprint density at radius 1 is 1.11 bits per heavy atom. The smallest absolute Gasteiger partial charge is 0.306 e. The molecule has 0 N–H and O–H groups in total. The van der Waals surface area contributed by atoms with E-state index in [9.17, 15) is 4.79 Å². The number of carbonyl (C=O) groups excluding carboxylic acids is 1. The largest absolute Gasteiger partial charge is 0.473 e. The molecule has 0 atom stereocenters. The summed E-state index contributed by atoms with van der Waals surface area (Å²) in [5, 5.41) is 5.86. The van der Waals surface area contributed by atoms with Gasteiger partial charge in [-0.15, -0.1) is 5.10 Å². The Morgan fingerprint density at radius 2 is 1.86 bits per heavy atom. The third-order valence-corrected chi connectivity index (χ3v) is 13.2. The number of rotatable bonds is 11. The number of nitrogens with zero attached hydrogens (tertiary/aromatic N) is 5. The van der Waals surface area contributed by atoms with Crippen LogP contribution in [-0.4, -0.2) is 65.8 Å². The maximum atomic E-state index is 12.2. The molecule has 1 fully saturated rings. The fourth-order valence-corrected chi connectivity index (χ4v) is 6.23. The van der Waals surface area contributed by atoms with Crippen LogP contribution in [0.3, 0.4) is 0 Å².